The van der Waals surface area contributed by atoms with Crippen LogP contribution in [-0.2, 0) is 55.3 Å². The summed E-state index contributed by atoms with van der Waals surface area (Å²) in [6, 6.07) is 0. The van der Waals surface area contributed by atoms with Crippen LogP contribution in [0.15, 0.2) is 11.0 Å². The summed E-state index contributed by atoms with van der Waals surface area (Å²) in [5, 5.41) is 7.61. The molecule has 0 bridgehead atoms. The van der Waals surface area contributed by atoms with Gasteiger partial charge >= 0.3 is 35.7 Å². The molecule has 29 heteroatoms. The highest BCUT2D eigenvalue weighted by Gasteiger charge is 2.41. The zero-order valence-electron chi connectivity index (χ0n) is 31.8. The number of alkyl carbamates (subject to hydrolysis) is 2. The predicted molar refractivity (Wildman–Crippen MR) is 208 cm³/mol. The Hall–Kier alpha value is -1.98. The molecule has 1 aliphatic heterocycles. The second-order valence-electron chi connectivity index (χ2n) is 12.4. The highest BCUT2D eigenvalue weighted by atomic mass is 33.1. The van der Waals surface area contributed by atoms with Gasteiger partial charge in [0.05, 0.1) is 58.9 Å². The number of carbonyl (C=O) groups is 2. The molecule has 0 radical (unpaired) electrons. The van der Waals surface area contributed by atoms with Crippen molar-refractivity contribution in [2.24, 2.45) is 5.73 Å². The normalized spacial score (nSPS) is 17.8. The number of nitrogens with zero attached hydrogens (tertiary/aromatic N) is 1. The van der Waals surface area contributed by atoms with E-state index < -0.39 is 60.2 Å². The van der Waals surface area contributed by atoms with E-state index in [0.29, 0.717) is 77.7 Å². The number of unbranched alkanes of at least 4 members (excludes halogenated alkanes) is 1. The lowest BCUT2D eigenvalue weighted by molar-refractivity contribution is -0.0279. The zero-order chi connectivity index (χ0) is 43.1. The van der Waals surface area contributed by atoms with Crippen molar-refractivity contribution in [1.82, 2.24) is 20.4 Å². The zero-order valence-corrected chi connectivity index (χ0v) is 36.2. The molecule has 1 aromatic rings. The third-order valence-electron chi connectivity index (χ3n) is 6.94. The molecular weight excluding hydrogens is 879 g/mol. The van der Waals surface area contributed by atoms with Crippen LogP contribution in [0, 0.1) is 11.8 Å². The Morgan fingerprint density at radius 2 is 1.64 bits per heavy atom. The Kier molecular flexibility index (Phi) is 24.3. The Labute approximate surface area is 342 Å². The first-order valence-corrected chi connectivity index (χ1v) is 24.4. The van der Waals surface area contributed by atoms with Crippen molar-refractivity contribution in [3.63, 3.8) is 0 Å². The summed E-state index contributed by atoms with van der Waals surface area (Å²) in [4.78, 5) is 72.2. The van der Waals surface area contributed by atoms with Crippen LogP contribution in [0.1, 0.15) is 57.7 Å². The number of aromatic amines is 1. The highest BCUT2D eigenvalue weighted by molar-refractivity contribution is 8.77. The van der Waals surface area contributed by atoms with Crippen LogP contribution >= 0.6 is 45.1 Å². The molecule has 2 heterocycles. The van der Waals surface area contributed by atoms with Gasteiger partial charge in [0.1, 0.15) is 17.7 Å². The van der Waals surface area contributed by atoms with E-state index in [2.05, 4.69) is 40.7 Å². The van der Waals surface area contributed by atoms with E-state index >= 15 is 0 Å². The number of ether oxygens (including phenoxy) is 6. The molecule has 58 heavy (non-hydrogen) atoms. The summed E-state index contributed by atoms with van der Waals surface area (Å²) < 4.78 is 79.3. The number of amides is 2. The second kappa shape index (κ2) is 27.1. The molecule has 3 unspecified atom stereocenters. The maximum Gasteiger partial charge on any atom is 0.490 e. The van der Waals surface area contributed by atoms with Gasteiger partial charge < -0.3 is 64.4 Å². The number of aromatic nitrogens is 2. The van der Waals surface area contributed by atoms with Crippen LogP contribution < -0.4 is 21.9 Å². The van der Waals surface area contributed by atoms with E-state index in [0.717, 1.165) is 0 Å². The molecule has 1 fully saturated rings. The SMILES string of the molecule is CC(C)(CCOC(=O)NCCOCCOCCN)SSCOCCCCOC(=O)NCC#Cc1cn(C2CC[C@@H](COP(=O)(O)OP(=O)(O)OP(=O)(O)O)O2)[nH]c1=O. The Balaban J connectivity index is 1.52. The number of H-pyrrole nitrogens is 1. The minimum atomic E-state index is -5.65. The van der Waals surface area contributed by atoms with Crippen molar-refractivity contribution in [1.29, 1.82) is 0 Å². The fraction of sp³-hybridized carbons (Fsp3) is 0.759. The number of phosphoric ester groups is 1. The number of rotatable bonds is 29. The topological polar surface area (TPSA) is 337 Å². The highest BCUT2D eigenvalue weighted by Crippen LogP contribution is 2.66. The van der Waals surface area contributed by atoms with Gasteiger partial charge in [-0.15, -0.1) is 0 Å². The quantitative estimate of drug-likeness (QED) is 0.0188. The van der Waals surface area contributed by atoms with Gasteiger partial charge in [-0.25, -0.2) is 23.3 Å². The third-order valence-corrected chi connectivity index (χ3v) is 13.8. The first kappa shape index (κ1) is 52.2. The number of hydrogen-bond acceptors (Lipinski definition) is 18. The summed E-state index contributed by atoms with van der Waals surface area (Å²) >= 11 is 0. The van der Waals surface area contributed by atoms with Crippen molar-refractivity contribution >= 4 is 57.2 Å². The van der Waals surface area contributed by atoms with Crippen LogP contribution in [0.25, 0.3) is 0 Å². The smallest absolute Gasteiger partial charge is 0.450 e. The molecule has 1 saturated heterocycles. The first-order chi connectivity index (χ1) is 27.3. The van der Waals surface area contributed by atoms with Crippen molar-refractivity contribution < 1.29 is 84.4 Å². The standard InChI is InChI=1S/C29H52N5O19P3S2/c1-29(2,9-15-49-28(37)32-12-17-46-19-18-45-16-10-30)58-57-22-47-13-3-4-14-48-27(36)31-11-5-6-23-20-34(33-26(23)35)25-8-7-24(51-25)21-50-55(41,42)53-56(43,44)52-54(38,39)40/h20,24-25H,3-4,7-19,21-22,30H2,1-2H3,(H,31,36)(H,32,37)(H,33,35)(H,41,42)(H,43,44)(H2,38,39,40)/t24-,25?/m0/s1. The van der Waals surface area contributed by atoms with Gasteiger partial charge in [-0.1, -0.05) is 33.4 Å². The monoisotopic (exact) mass is 931 g/mol. The van der Waals surface area contributed by atoms with Crippen LogP contribution in [0.2, 0.25) is 0 Å². The van der Waals surface area contributed by atoms with Crippen molar-refractivity contribution in [3.8, 4) is 11.8 Å². The fourth-order valence-electron chi connectivity index (χ4n) is 4.31. The number of nitrogens with one attached hydrogen (secondary N) is 3. The summed E-state index contributed by atoms with van der Waals surface area (Å²) in [6.45, 7) is 6.75. The van der Waals surface area contributed by atoms with E-state index in [1.54, 1.807) is 21.6 Å². The molecular formula is C29H52N5O19P3S2. The number of carbonyl (C=O) groups excluding carboxylic acids is 2. The lowest BCUT2D eigenvalue weighted by Gasteiger charge is -2.22. The lowest BCUT2D eigenvalue weighted by Crippen LogP contribution is -2.29. The van der Waals surface area contributed by atoms with E-state index in [9.17, 15) is 37.9 Å². The van der Waals surface area contributed by atoms with Gasteiger partial charge in [0, 0.05) is 30.6 Å². The van der Waals surface area contributed by atoms with Gasteiger partial charge in [-0.3, -0.25) is 19.1 Å². The van der Waals surface area contributed by atoms with Gasteiger partial charge in [-0.2, -0.15) is 8.62 Å². The van der Waals surface area contributed by atoms with Crippen LogP contribution in [0.3, 0.4) is 0 Å². The van der Waals surface area contributed by atoms with E-state index in [-0.39, 0.29) is 36.5 Å². The van der Waals surface area contributed by atoms with Crippen molar-refractivity contribution in [2.75, 3.05) is 78.4 Å². The van der Waals surface area contributed by atoms with Crippen LogP contribution in [0.5, 0.6) is 0 Å². The van der Waals surface area contributed by atoms with E-state index in [4.69, 9.17) is 43.9 Å². The van der Waals surface area contributed by atoms with Gasteiger partial charge in [0.25, 0.3) is 5.56 Å². The molecule has 1 aromatic heterocycles. The Bertz CT molecular complexity index is 1670. The lowest BCUT2D eigenvalue weighted by atomic mass is 10.1. The summed E-state index contributed by atoms with van der Waals surface area (Å²) in [5.74, 6) is 5.72. The number of hydrogen-bond donors (Lipinski definition) is 8. The molecule has 2 amide bonds. The van der Waals surface area contributed by atoms with E-state index in [1.807, 2.05) is 13.8 Å². The van der Waals surface area contributed by atoms with E-state index in [1.165, 1.54) is 10.9 Å². The van der Waals surface area contributed by atoms with Crippen LogP contribution in [0.4, 0.5) is 9.59 Å². The van der Waals surface area contributed by atoms with Gasteiger partial charge in [0.2, 0.25) is 0 Å². The maximum atomic E-state index is 12.3. The first-order valence-electron chi connectivity index (χ1n) is 17.6. The molecule has 0 aliphatic carbocycles. The van der Waals surface area contributed by atoms with Crippen LogP contribution in [-0.4, -0.2) is 131 Å². The molecule has 4 atom stereocenters. The van der Waals surface area contributed by atoms with Gasteiger partial charge in [0.15, 0.2) is 0 Å². The Morgan fingerprint density at radius 3 is 2.36 bits per heavy atom. The molecule has 24 nitrogen and oxygen atoms in total. The maximum absolute atomic E-state index is 12.3. The summed E-state index contributed by atoms with van der Waals surface area (Å²) in [6.07, 6.45) is 1.05. The predicted octanol–water partition coefficient (Wildman–Crippen LogP) is 2.30. The van der Waals surface area contributed by atoms with Crippen molar-refractivity contribution in [2.45, 2.75) is 63.0 Å². The summed E-state index contributed by atoms with van der Waals surface area (Å²) in [7, 11) is -13.3. The molecule has 0 spiro atoms. The minimum absolute atomic E-state index is 0.0594. The van der Waals surface area contributed by atoms with Crippen molar-refractivity contribution in [3.05, 3.63) is 22.1 Å². The van der Waals surface area contributed by atoms with Gasteiger partial charge in [-0.05, 0) is 46.0 Å². The fourth-order valence-corrected chi connectivity index (χ4v) is 9.64. The molecule has 0 aromatic carbocycles. The largest absolute Gasteiger partial charge is 0.490 e. The molecule has 2 rings (SSSR count). The summed E-state index contributed by atoms with van der Waals surface area (Å²) in [5.41, 5.74) is 4.84. The molecule has 1 aliphatic rings. The molecule has 9 N–H and O–H groups in total. The number of phosphoric acid groups is 3. The average molecular weight is 932 g/mol. The number of nitrogens with two attached hydrogens (primary N) is 1. The Morgan fingerprint density at radius 1 is 0.948 bits per heavy atom. The second-order valence-corrected chi connectivity index (χ2v) is 19.7. The third kappa shape index (κ3) is 24.9. The minimum Gasteiger partial charge on any atom is -0.450 e. The molecule has 0 saturated carbocycles. The molecule has 334 valence electrons. The average Bonchev–Trinajstić information content (AvgIpc) is 3.74.